The highest BCUT2D eigenvalue weighted by atomic mass is 35.5. The number of Topliss-reactive ketones (excluding diaryl/α,β-unsaturated/α-hetero) is 1. The van der Waals surface area contributed by atoms with Crippen LogP contribution in [0.2, 0.25) is 5.02 Å². The van der Waals surface area contributed by atoms with Gasteiger partial charge < -0.3 is 9.47 Å². The first-order chi connectivity index (χ1) is 11.5. The lowest BCUT2D eigenvalue weighted by Crippen LogP contribution is -2.36. The second-order valence-corrected chi connectivity index (χ2v) is 7.31. The van der Waals surface area contributed by atoms with E-state index in [0.29, 0.717) is 10.6 Å². The van der Waals surface area contributed by atoms with Gasteiger partial charge in [-0.05, 0) is 37.8 Å². The van der Waals surface area contributed by atoms with Crippen molar-refractivity contribution in [3.63, 3.8) is 0 Å². The van der Waals surface area contributed by atoms with Gasteiger partial charge in [0, 0.05) is 16.5 Å². The fraction of sp³-hybridized carbons (Fsp3) is 0.500. The molecule has 0 N–H and O–H groups in total. The largest absolute Gasteiger partial charge is 0.462 e. The van der Waals surface area contributed by atoms with Crippen molar-refractivity contribution >= 4 is 29.3 Å². The summed E-state index contributed by atoms with van der Waals surface area (Å²) in [4.78, 5) is 37.0. The average Bonchev–Trinajstić information content (AvgIpc) is 3.15. The highest BCUT2D eigenvalue weighted by molar-refractivity contribution is 6.31. The third kappa shape index (κ3) is 2.34. The SMILES string of the molecule is C[C@@H](OC(=O)[C@H]1[C@@H]2C[C@H]3[C@@H]1C(=O)O[C@@H]3C2)C(=O)c1cccc(Cl)c1. The Morgan fingerprint density at radius 2 is 2.12 bits per heavy atom. The minimum Gasteiger partial charge on any atom is -0.462 e. The van der Waals surface area contributed by atoms with E-state index in [1.807, 2.05) is 0 Å². The first-order valence-corrected chi connectivity index (χ1v) is 8.54. The van der Waals surface area contributed by atoms with Gasteiger partial charge in [-0.25, -0.2) is 0 Å². The number of hydrogen-bond acceptors (Lipinski definition) is 5. The molecule has 24 heavy (non-hydrogen) atoms. The van der Waals surface area contributed by atoms with Crippen molar-refractivity contribution in [2.75, 3.05) is 0 Å². The molecule has 1 aliphatic heterocycles. The maximum atomic E-state index is 12.6. The van der Waals surface area contributed by atoms with Crippen LogP contribution in [0.1, 0.15) is 30.1 Å². The summed E-state index contributed by atoms with van der Waals surface area (Å²) in [6, 6.07) is 6.53. The van der Waals surface area contributed by atoms with Crippen LogP contribution in [0.15, 0.2) is 24.3 Å². The maximum Gasteiger partial charge on any atom is 0.310 e. The minimum atomic E-state index is -0.914. The van der Waals surface area contributed by atoms with Crippen LogP contribution in [0.3, 0.4) is 0 Å². The Hall–Kier alpha value is -1.88. The van der Waals surface area contributed by atoms with Crippen molar-refractivity contribution < 1.29 is 23.9 Å². The number of benzene rings is 1. The number of carbonyl (C=O) groups excluding carboxylic acids is 3. The molecule has 4 rings (SSSR count). The Bertz CT molecular complexity index is 728. The van der Waals surface area contributed by atoms with Crippen molar-refractivity contribution in [1.29, 1.82) is 0 Å². The van der Waals surface area contributed by atoms with Crippen LogP contribution in [0, 0.1) is 23.7 Å². The summed E-state index contributed by atoms with van der Waals surface area (Å²) >= 11 is 5.89. The molecular weight excluding hydrogens is 332 g/mol. The van der Waals surface area contributed by atoms with Crippen molar-refractivity contribution in [2.24, 2.45) is 23.7 Å². The van der Waals surface area contributed by atoms with Gasteiger partial charge in [0.15, 0.2) is 6.10 Å². The summed E-state index contributed by atoms with van der Waals surface area (Å²) in [5.74, 6) is -1.67. The van der Waals surface area contributed by atoms with E-state index >= 15 is 0 Å². The Labute approximate surface area is 144 Å². The monoisotopic (exact) mass is 348 g/mol. The van der Waals surface area contributed by atoms with E-state index < -0.39 is 23.9 Å². The van der Waals surface area contributed by atoms with Crippen molar-refractivity contribution in [2.45, 2.75) is 32.0 Å². The van der Waals surface area contributed by atoms with Crippen molar-refractivity contribution in [3.8, 4) is 0 Å². The van der Waals surface area contributed by atoms with Gasteiger partial charge >= 0.3 is 11.9 Å². The molecule has 2 saturated carbocycles. The Morgan fingerprint density at radius 3 is 2.88 bits per heavy atom. The van der Waals surface area contributed by atoms with Gasteiger partial charge in [0.1, 0.15) is 6.10 Å². The van der Waals surface area contributed by atoms with Gasteiger partial charge in [-0.1, -0.05) is 23.7 Å². The van der Waals surface area contributed by atoms with Crippen LogP contribution in [0.5, 0.6) is 0 Å². The number of ether oxygens (including phenoxy) is 2. The zero-order valence-corrected chi connectivity index (χ0v) is 13.9. The van der Waals surface area contributed by atoms with Gasteiger partial charge in [-0.3, -0.25) is 14.4 Å². The number of hydrogen-bond donors (Lipinski definition) is 0. The van der Waals surface area contributed by atoms with E-state index in [1.54, 1.807) is 31.2 Å². The van der Waals surface area contributed by atoms with E-state index in [0.717, 1.165) is 12.8 Å². The summed E-state index contributed by atoms with van der Waals surface area (Å²) in [7, 11) is 0. The molecule has 1 saturated heterocycles. The molecule has 3 fully saturated rings. The van der Waals surface area contributed by atoms with E-state index in [-0.39, 0.29) is 29.7 Å². The molecule has 0 aromatic heterocycles. The van der Waals surface area contributed by atoms with E-state index in [9.17, 15) is 14.4 Å². The van der Waals surface area contributed by atoms with Gasteiger partial charge in [0.2, 0.25) is 5.78 Å². The molecule has 6 atom stereocenters. The molecule has 2 bridgehead atoms. The summed E-state index contributed by atoms with van der Waals surface area (Å²) < 4.78 is 10.7. The highest BCUT2D eigenvalue weighted by Gasteiger charge is 2.64. The van der Waals surface area contributed by atoms with E-state index in [4.69, 9.17) is 21.1 Å². The van der Waals surface area contributed by atoms with Gasteiger partial charge in [-0.15, -0.1) is 0 Å². The van der Waals surface area contributed by atoms with Crippen molar-refractivity contribution in [3.05, 3.63) is 34.9 Å². The molecule has 0 unspecified atom stereocenters. The maximum absolute atomic E-state index is 12.6. The molecule has 2 aliphatic carbocycles. The Kier molecular flexibility index (Phi) is 3.64. The Balaban J connectivity index is 1.46. The van der Waals surface area contributed by atoms with Crippen LogP contribution >= 0.6 is 11.6 Å². The predicted octanol–water partition coefficient (Wildman–Crippen LogP) is 2.65. The second-order valence-electron chi connectivity index (χ2n) is 6.88. The molecule has 1 aromatic carbocycles. The van der Waals surface area contributed by atoms with Gasteiger partial charge in [-0.2, -0.15) is 0 Å². The van der Waals surface area contributed by atoms with E-state index in [1.165, 1.54) is 0 Å². The van der Waals surface area contributed by atoms with Crippen LogP contribution in [-0.2, 0) is 19.1 Å². The molecule has 0 amide bonds. The quantitative estimate of drug-likeness (QED) is 0.618. The molecule has 0 radical (unpaired) electrons. The molecule has 6 heteroatoms. The lowest BCUT2D eigenvalue weighted by molar-refractivity contribution is -0.157. The molecule has 126 valence electrons. The first kappa shape index (κ1) is 15.6. The topological polar surface area (TPSA) is 69.7 Å². The average molecular weight is 349 g/mol. The summed E-state index contributed by atoms with van der Waals surface area (Å²) in [6.45, 7) is 1.55. The summed E-state index contributed by atoms with van der Waals surface area (Å²) in [6.07, 6.45) is 0.617. The second kappa shape index (κ2) is 5.59. The van der Waals surface area contributed by atoms with E-state index in [2.05, 4.69) is 0 Å². The molecule has 3 aliphatic rings. The third-order valence-corrected chi connectivity index (χ3v) is 5.76. The predicted molar refractivity (Wildman–Crippen MR) is 84.4 cm³/mol. The highest BCUT2D eigenvalue weighted by Crippen LogP contribution is 2.58. The minimum absolute atomic E-state index is 0.0259. The first-order valence-electron chi connectivity index (χ1n) is 8.16. The van der Waals surface area contributed by atoms with Crippen molar-refractivity contribution in [1.82, 2.24) is 0 Å². The zero-order valence-electron chi connectivity index (χ0n) is 13.1. The van der Waals surface area contributed by atoms with Crippen LogP contribution in [-0.4, -0.2) is 29.9 Å². The summed E-state index contributed by atoms with van der Waals surface area (Å²) in [5, 5.41) is 0.451. The van der Waals surface area contributed by atoms with Crippen LogP contribution < -0.4 is 0 Å². The van der Waals surface area contributed by atoms with Crippen LogP contribution in [0.4, 0.5) is 0 Å². The molecule has 5 nitrogen and oxygen atoms in total. The number of ketones is 1. The number of carbonyl (C=O) groups is 3. The van der Waals surface area contributed by atoms with Gasteiger partial charge in [0.25, 0.3) is 0 Å². The third-order valence-electron chi connectivity index (χ3n) is 5.53. The molecule has 1 aromatic rings. The fourth-order valence-corrected chi connectivity index (χ4v) is 4.70. The molecule has 1 heterocycles. The Morgan fingerprint density at radius 1 is 1.33 bits per heavy atom. The molecular formula is C18H17ClO5. The smallest absolute Gasteiger partial charge is 0.310 e. The van der Waals surface area contributed by atoms with Crippen LogP contribution in [0.25, 0.3) is 0 Å². The number of rotatable bonds is 4. The lowest BCUT2D eigenvalue weighted by Gasteiger charge is -2.24. The summed E-state index contributed by atoms with van der Waals surface area (Å²) in [5.41, 5.74) is 0.399. The van der Waals surface area contributed by atoms with Gasteiger partial charge in [0.05, 0.1) is 11.8 Å². The number of fused-ring (bicyclic) bond motifs is 1. The normalized spacial score (nSPS) is 34.1. The number of halogens is 1. The lowest BCUT2D eigenvalue weighted by atomic mass is 9.80. The standard InChI is InChI=1S/C18H17ClO5/c1-8(16(20)9-3-2-4-11(19)5-9)23-17(21)14-10-6-12-13(7-10)24-18(22)15(12)14/h2-5,8,10,12-15H,6-7H2,1H3/t8-,10-,12-,13-,14+,15+/m1/s1. The number of esters is 2. The zero-order chi connectivity index (χ0) is 17.0. The fourth-order valence-electron chi connectivity index (χ4n) is 4.51. The molecule has 0 spiro atoms.